The lowest BCUT2D eigenvalue weighted by atomic mass is 10.0. The summed E-state index contributed by atoms with van der Waals surface area (Å²) in [7, 11) is -1.76. The van der Waals surface area contributed by atoms with Crippen LogP contribution in [-0.2, 0) is 10.0 Å². The van der Waals surface area contributed by atoms with Gasteiger partial charge in [0.25, 0.3) is 0 Å². The number of hydrogen-bond acceptors (Lipinski definition) is 3. The van der Waals surface area contributed by atoms with Crippen molar-refractivity contribution >= 4 is 8.32 Å². The summed E-state index contributed by atoms with van der Waals surface area (Å²) in [5.74, 6) is 0. The van der Waals surface area contributed by atoms with Crippen LogP contribution < -0.4 is 0 Å². The van der Waals surface area contributed by atoms with E-state index in [1.54, 1.807) is 13.1 Å². The molecule has 0 saturated heterocycles. The molecule has 1 heterocycles. The second-order valence-electron chi connectivity index (χ2n) is 4.57. The molecule has 1 rings (SSSR count). The number of nitrogens with zero attached hydrogens (tertiary/aromatic N) is 2. The minimum atomic E-state index is -1.76. The van der Waals surface area contributed by atoms with Crippen LogP contribution in [0.3, 0.4) is 0 Å². The molecule has 0 radical (unpaired) electrons. The van der Waals surface area contributed by atoms with Crippen LogP contribution in [0.1, 0.15) is 12.6 Å². The molecule has 0 amide bonds. The topological polar surface area (TPSA) is 45.9 Å². The average molecular weight is 220 g/mol. The Morgan fingerprint density at radius 2 is 2.07 bits per heavy atom. The zero-order valence-corrected chi connectivity index (χ0v) is 10.6. The highest BCUT2D eigenvalue weighted by molar-refractivity contribution is 6.69. The van der Waals surface area contributed by atoms with Gasteiger partial charge in [-0.1, -0.05) is 6.07 Å². The van der Waals surface area contributed by atoms with Crippen molar-refractivity contribution in [3.8, 4) is 6.07 Å². The average Bonchev–Trinajstić information content (AvgIpc) is 2.16. The van der Waals surface area contributed by atoms with Crippen molar-refractivity contribution in [2.45, 2.75) is 32.2 Å². The van der Waals surface area contributed by atoms with Crippen LogP contribution in [0.2, 0.25) is 19.6 Å². The first-order valence-electron chi connectivity index (χ1n) is 4.90. The van der Waals surface area contributed by atoms with Crippen molar-refractivity contribution < 1.29 is 4.43 Å². The molecule has 1 unspecified atom stereocenters. The maximum absolute atomic E-state index is 9.21. The van der Waals surface area contributed by atoms with Gasteiger partial charge < -0.3 is 4.43 Å². The zero-order chi connectivity index (χ0) is 11.5. The second-order valence-corrected chi connectivity index (χ2v) is 9.00. The fourth-order valence-corrected chi connectivity index (χ4v) is 2.76. The Labute approximate surface area is 91.9 Å². The molecule has 0 aliphatic carbocycles. The number of rotatable bonds is 3. The Balaban J connectivity index is 3.03. The Kier molecular flexibility index (Phi) is 3.27. The summed E-state index contributed by atoms with van der Waals surface area (Å²) in [4.78, 5) is 4.18. The zero-order valence-electron chi connectivity index (χ0n) is 9.61. The first kappa shape index (κ1) is 11.9. The first-order valence-corrected chi connectivity index (χ1v) is 8.31. The monoisotopic (exact) mass is 220 g/mol. The van der Waals surface area contributed by atoms with Gasteiger partial charge in [0, 0.05) is 6.20 Å². The smallest absolute Gasteiger partial charge is 0.186 e. The molecule has 1 atom stereocenters. The van der Waals surface area contributed by atoms with E-state index in [-0.39, 0.29) is 0 Å². The van der Waals surface area contributed by atoms with Crippen LogP contribution in [0.25, 0.3) is 0 Å². The quantitative estimate of drug-likeness (QED) is 0.736. The minimum absolute atomic E-state index is 0.676. The van der Waals surface area contributed by atoms with Crippen molar-refractivity contribution in [2.24, 2.45) is 0 Å². The van der Waals surface area contributed by atoms with Gasteiger partial charge in [0.05, 0.1) is 5.69 Å². The third-order valence-electron chi connectivity index (χ3n) is 1.88. The van der Waals surface area contributed by atoms with E-state index in [1.165, 1.54) is 0 Å². The molecule has 0 bridgehead atoms. The van der Waals surface area contributed by atoms with E-state index >= 15 is 0 Å². The fraction of sp³-hybridized carbons (Fsp3) is 0.455. The van der Waals surface area contributed by atoms with Crippen LogP contribution in [0.5, 0.6) is 0 Å². The molecule has 0 spiro atoms. The van der Waals surface area contributed by atoms with Gasteiger partial charge in [-0.3, -0.25) is 4.98 Å². The van der Waals surface area contributed by atoms with Crippen LogP contribution in [0.15, 0.2) is 24.4 Å². The maximum atomic E-state index is 9.21. The highest BCUT2D eigenvalue weighted by Crippen LogP contribution is 2.26. The van der Waals surface area contributed by atoms with Crippen molar-refractivity contribution in [3.05, 3.63) is 30.1 Å². The molecule has 0 saturated carbocycles. The molecule has 0 fully saturated rings. The molecule has 0 aromatic carbocycles. The third kappa shape index (κ3) is 3.15. The maximum Gasteiger partial charge on any atom is 0.186 e. The lowest BCUT2D eigenvalue weighted by molar-refractivity contribution is 0.136. The van der Waals surface area contributed by atoms with Gasteiger partial charge in [-0.2, -0.15) is 5.26 Å². The summed E-state index contributed by atoms with van der Waals surface area (Å²) in [6.45, 7) is 7.95. The van der Waals surface area contributed by atoms with Gasteiger partial charge in [-0.15, -0.1) is 0 Å². The normalized spacial score (nSPS) is 15.4. The molecule has 3 nitrogen and oxygen atoms in total. The van der Waals surface area contributed by atoms with Crippen molar-refractivity contribution in [1.82, 2.24) is 4.98 Å². The second kappa shape index (κ2) is 4.13. The molecule has 0 aliphatic rings. The molecule has 80 valence electrons. The number of aromatic nitrogens is 1. The molecule has 1 aromatic heterocycles. The molecule has 0 aliphatic heterocycles. The predicted octanol–water partition coefficient (Wildman–Crippen LogP) is 2.67. The van der Waals surface area contributed by atoms with Crippen LogP contribution in [-0.4, -0.2) is 13.3 Å². The van der Waals surface area contributed by atoms with Crippen molar-refractivity contribution in [1.29, 1.82) is 5.26 Å². The Bertz CT molecular complexity index is 366. The molecular weight excluding hydrogens is 204 g/mol. The van der Waals surface area contributed by atoms with Crippen LogP contribution in [0, 0.1) is 11.3 Å². The van der Waals surface area contributed by atoms with E-state index < -0.39 is 13.9 Å². The lowest BCUT2D eigenvalue weighted by Crippen LogP contribution is -2.38. The molecular formula is C11H16N2OSi. The van der Waals surface area contributed by atoms with E-state index in [4.69, 9.17) is 4.43 Å². The van der Waals surface area contributed by atoms with E-state index in [1.807, 2.05) is 18.2 Å². The van der Waals surface area contributed by atoms with E-state index in [2.05, 4.69) is 30.7 Å². The number of hydrogen-bond donors (Lipinski definition) is 0. The highest BCUT2D eigenvalue weighted by atomic mass is 28.4. The SMILES string of the molecule is CC(C#N)(O[Si](C)(C)C)c1ccccn1. The summed E-state index contributed by atoms with van der Waals surface area (Å²) >= 11 is 0. The first-order chi connectivity index (χ1) is 6.87. The fourth-order valence-electron chi connectivity index (χ4n) is 1.39. The molecule has 1 aromatic rings. The lowest BCUT2D eigenvalue weighted by Gasteiger charge is -2.29. The molecule has 0 N–H and O–H groups in total. The molecule has 15 heavy (non-hydrogen) atoms. The summed E-state index contributed by atoms with van der Waals surface area (Å²) in [6.07, 6.45) is 1.68. The highest BCUT2D eigenvalue weighted by Gasteiger charge is 2.34. The van der Waals surface area contributed by atoms with Crippen molar-refractivity contribution in [3.63, 3.8) is 0 Å². The van der Waals surface area contributed by atoms with Gasteiger partial charge in [0.15, 0.2) is 13.9 Å². The van der Waals surface area contributed by atoms with Crippen LogP contribution >= 0.6 is 0 Å². The summed E-state index contributed by atoms with van der Waals surface area (Å²) in [5, 5.41) is 9.21. The Hall–Kier alpha value is -1.18. The Morgan fingerprint density at radius 1 is 1.40 bits per heavy atom. The summed E-state index contributed by atoms with van der Waals surface area (Å²) < 4.78 is 5.88. The van der Waals surface area contributed by atoms with E-state index in [0.717, 1.165) is 0 Å². The van der Waals surface area contributed by atoms with Crippen molar-refractivity contribution in [2.75, 3.05) is 0 Å². The van der Waals surface area contributed by atoms with Gasteiger partial charge in [0.2, 0.25) is 0 Å². The minimum Gasteiger partial charge on any atom is -0.396 e. The summed E-state index contributed by atoms with van der Waals surface area (Å²) in [5.41, 5.74) is -0.249. The standard InChI is InChI=1S/C11H16N2OSi/c1-11(9-12,14-15(2,3)4)10-7-5-6-8-13-10/h5-8H,1-4H3. The van der Waals surface area contributed by atoms with Crippen LogP contribution in [0.4, 0.5) is 0 Å². The number of pyridine rings is 1. The van der Waals surface area contributed by atoms with Gasteiger partial charge >= 0.3 is 0 Å². The Morgan fingerprint density at radius 3 is 2.47 bits per heavy atom. The molecule has 4 heteroatoms. The summed E-state index contributed by atoms with van der Waals surface area (Å²) in [6, 6.07) is 7.72. The largest absolute Gasteiger partial charge is 0.396 e. The van der Waals surface area contributed by atoms with Gasteiger partial charge in [-0.25, -0.2) is 0 Å². The number of nitriles is 1. The van der Waals surface area contributed by atoms with E-state index in [0.29, 0.717) is 5.69 Å². The van der Waals surface area contributed by atoms with Gasteiger partial charge in [-0.05, 0) is 38.7 Å². The van der Waals surface area contributed by atoms with Gasteiger partial charge in [0.1, 0.15) is 6.07 Å². The van der Waals surface area contributed by atoms with E-state index in [9.17, 15) is 5.26 Å². The predicted molar refractivity (Wildman–Crippen MR) is 61.6 cm³/mol. The third-order valence-corrected chi connectivity index (χ3v) is 2.90.